The summed E-state index contributed by atoms with van der Waals surface area (Å²) in [4.78, 5) is 19.4. The monoisotopic (exact) mass is 521 g/mol. The van der Waals surface area contributed by atoms with Crippen molar-refractivity contribution < 1.29 is 14.6 Å². The number of aliphatic hydroxyl groups excluding tert-OH is 1. The van der Waals surface area contributed by atoms with E-state index in [9.17, 15) is 9.90 Å². The third kappa shape index (κ3) is 5.58. The van der Waals surface area contributed by atoms with E-state index in [0.717, 1.165) is 22.3 Å². The molecule has 5 rings (SSSR count). The SMILES string of the molecule is CC(C)(C)OC(=O)n1cnc(/C=C2\CN(C(c3ccccc3)(c3ccccc3)c3ccccc3)CCC2O)c1. The van der Waals surface area contributed by atoms with Crippen molar-refractivity contribution in [3.8, 4) is 0 Å². The Labute approximate surface area is 230 Å². The molecule has 0 radical (unpaired) electrons. The summed E-state index contributed by atoms with van der Waals surface area (Å²) in [5, 5.41) is 11.1. The number of hydrogen-bond donors (Lipinski definition) is 1. The van der Waals surface area contributed by atoms with Gasteiger partial charge in [0.2, 0.25) is 0 Å². The molecule has 1 saturated heterocycles. The standard InChI is InChI=1S/C33H35N3O3/c1-32(2,3)39-31(38)35-23-29(34-24-35)21-25-22-36(20-19-30(25)37)33(26-13-7-4-8-14-26,27-15-9-5-10-16-27)28-17-11-6-12-18-28/h4-18,21,23-24,30,37H,19-20,22H2,1-3H3/b25-21+. The number of piperidine rings is 1. The molecular formula is C33H35N3O3. The van der Waals surface area contributed by atoms with Crippen molar-refractivity contribution in [2.24, 2.45) is 0 Å². The highest BCUT2D eigenvalue weighted by Gasteiger charge is 2.44. The number of carbonyl (C=O) groups excluding carboxylic acids is 1. The Balaban J connectivity index is 1.57. The minimum Gasteiger partial charge on any atom is -0.443 e. The summed E-state index contributed by atoms with van der Waals surface area (Å²) >= 11 is 0. The molecule has 200 valence electrons. The number of carbonyl (C=O) groups is 1. The van der Waals surface area contributed by atoms with E-state index in [1.807, 2.05) is 45.0 Å². The number of nitrogens with zero attached hydrogens (tertiary/aromatic N) is 3. The topological polar surface area (TPSA) is 67.6 Å². The van der Waals surface area contributed by atoms with Crippen molar-refractivity contribution in [2.45, 2.75) is 44.4 Å². The van der Waals surface area contributed by atoms with Gasteiger partial charge in [-0.3, -0.25) is 4.90 Å². The summed E-state index contributed by atoms with van der Waals surface area (Å²) in [6.45, 7) is 6.71. The lowest BCUT2D eigenvalue weighted by molar-refractivity contribution is 0.0536. The van der Waals surface area contributed by atoms with Crippen LogP contribution in [0, 0.1) is 0 Å². The molecule has 0 spiro atoms. The largest absolute Gasteiger partial charge is 0.443 e. The first-order valence-corrected chi connectivity index (χ1v) is 13.3. The number of likely N-dealkylation sites (tertiary alicyclic amines) is 1. The Kier molecular flexibility index (Phi) is 7.51. The van der Waals surface area contributed by atoms with E-state index in [1.165, 1.54) is 10.9 Å². The highest BCUT2D eigenvalue weighted by Crippen LogP contribution is 2.44. The second kappa shape index (κ2) is 11.0. The lowest BCUT2D eigenvalue weighted by Gasteiger charge is -2.48. The lowest BCUT2D eigenvalue weighted by Crippen LogP contribution is -2.52. The van der Waals surface area contributed by atoms with Gasteiger partial charge < -0.3 is 9.84 Å². The number of hydrogen-bond acceptors (Lipinski definition) is 5. The van der Waals surface area contributed by atoms with E-state index < -0.39 is 23.3 Å². The molecule has 3 aromatic carbocycles. The molecule has 0 bridgehead atoms. The minimum atomic E-state index is -0.604. The first-order chi connectivity index (χ1) is 18.8. The van der Waals surface area contributed by atoms with E-state index in [2.05, 4.69) is 82.7 Å². The highest BCUT2D eigenvalue weighted by atomic mass is 16.6. The summed E-state index contributed by atoms with van der Waals surface area (Å²) < 4.78 is 6.80. The van der Waals surface area contributed by atoms with Crippen LogP contribution in [0.2, 0.25) is 0 Å². The Hall–Kier alpha value is -4.00. The molecule has 2 heterocycles. The fourth-order valence-electron chi connectivity index (χ4n) is 5.40. The smallest absolute Gasteiger partial charge is 0.419 e. The number of rotatable bonds is 5. The van der Waals surface area contributed by atoms with Crippen LogP contribution in [0.3, 0.4) is 0 Å². The predicted octanol–water partition coefficient (Wildman–Crippen LogP) is 6.11. The molecule has 0 amide bonds. The van der Waals surface area contributed by atoms with Gasteiger partial charge in [0, 0.05) is 19.3 Å². The summed E-state index contributed by atoms with van der Waals surface area (Å²) in [6.07, 6.45) is 4.48. The maximum absolute atomic E-state index is 12.5. The molecule has 6 heteroatoms. The molecule has 1 aliphatic rings. The summed E-state index contributed by atoms with van der Waals surface area (Å²) in [7, 11) is 0. The Morgan fingerprint density at radius 3 is 1.90 bits per heavy atom. The average molecular weight is 522 g/mol. The van der Waals surface area contributed by atoms with Crippen molar-refractivity contribution >= 4 is 12.2 Å². The number of aliphatic hydroxyl groups is 1. The van der Waals surface area contributed by atoms with Crippen LogP contribution in [0.4, 0.5) is 4.79 Å². The van der Waals surface area contributed by atoms with Crippen LogP contribution in [0.15, 0.2) is 109 Å². The van der Waals surface area contributed by atoms with Gasteiger partial charge in [0.05, 0.1) is 17.3 Å². The van der Waals surface area contributed by atoms with Gasteiger partial charge >= 0.3 is 6.09 Å². The molecule has 1 fully saturated rings. The molecule has 1 N–H and O–H groups in total. The van der Waals surface area contributed by atoms with Gasteiger partial charge in [-0.2, -0.15) is 0 Å². The zero-order valence-electron chi connectivity index (χ0n) is 22.7. The van der Waals surface area contributed by atoms with Gasteiger partial charge in [-0.1, -0.05) is 91.0 Å². The van der Waals surface area contributed by atoms with Crippen LogP contribution in [0.5, 0.6) is 0 Å². The highest BCUT2D eigenvalue weighted by molar-refractivity contribution is 5.71. The number of aromatic nitrogens is 2. The van der Waals surface area contributed by atoms with E-state index in [4.69, 9.17) is 4.74 Å². The van der Waals surface area contributed by atoms with Crippen LogP contribution in [0.1, 0.15) is 49.6 Å². The zero-order chi connectivity index (χ0) is 27.5. The van der Waals surface area contributed by atoms with Gasteiger partial charge in [0.15, 0.2) is 0 Å². The van der Waals surface area contributed by atoms with Crippen molar-refractivity contribution in [1.29, 1.82) is 0 Å². The van der Waals surface area contributed by atoms with Crippen molar-refractivity contribution in [3.05, 3.63) is 131 Å². The van der Waals surface area contributed by atoms with E-state index in [0.29, 0.717) is 25.2 Å². The predicted molar refractivity (Wildman–Crippen MR) is 153 cm³/mol. The van der Waals surface area contributed by atoms with Crippen molar-refractivity contribution in [2.75, 3.05) is 13.1 Å². The van der Waals surface area contributed by atoms with Crippen LogP contribution >= 0.6 is 0 Å². The fraction of sp³-hybridized carbons (Fsp3) is 0.273. The molecule has 1 atom stereocenters. The molecule has 0 saturated carbocycles. The summed E-state index contributed by atoms with van der Waals surface area (Å²) in [5.74, 6) is 0. The van der Waals surface area contributed by atoms with Crippen LogP contribution < -0.4 is 0 Å². The van der Waals surface area contributed by atoms with Gasteiger partial charge in [-0.15, -0.1) is 0 Å². The van der Waals surface area contributed by atoms with Crippen LogP contribution in [0.25, 0.3) is 6.08 Å². The second-order valence-electron chi connectivity index (χ2n) is 10.9. The Morgan fingerprint density at radius 2 is 1.41 bits per heavy atom. The quantitative estimate of drug-likeness (QED) is 0.321. The van der Waals surface area contributed by atoms with Gasteiger partial charge in [-0.25, -0.2) is 14.3 Å². The van der Waals surface area contributed by atoms with Crippen molar-refractivity contribution in [1.82, 2.24) is 14.5 Å². The van der Waals surface area contributed by atoms with E-state index in [-0.39, 0.29) is 0 Å². The number of ether oxygens (including phenoxy) is 1. The third-order valence-electron chi connectivity index (χ3n) is 7.06. The maximum atomic E-state index is 12.5. The molecule has 4 aromatic rings. The molecule has 1 aromatic heterocycles. The zero-order valence-corrected chi connectivity index (χ0v) is 22.7. The molecule has 6 nitrogen and oxygen atoms in total. The fourth-order valence-corrected chi connectivity index (χ4v) is 5.40. The normalized spacial score (nSPS) is 17.7. The number of imidazole rings is 1. The lowest BCUT2D eigenvalue weighted by atomic mass is 9.74. The molecule has 0 aliphatic carbocycles. The van der Waals surface area contributed by atoms with Crippen molar-refractivity contribution in [3.63, 3.8) is 0 Å². The Bertz CT molecular complexity index is 1330. The first-order valence-electron chi connectivity index (χ1n) is 13.3. The summed E-state index contributed by atoms with van der Waals surface area (Å²) in [5.41, 5.74) is 3.76. The maximum Gasteiger partial charge on any atom is 0.419 e. The molecular weight excluding hydrogens is 486 g/mol. The third-order valence-corrected chi connectivity index (χ3v) is 7.06. The summed E-state index contributed by atoms with van der Waals surface area (Å²) in [6, 6.07) is 31.6. The molecule has 1 unspecified atom stereocenters. The average Bonchev–Trinajstić information content (AvgIpc) is 3.41. The second-order valence-corrected chi connectivity index (χ2v) is 10.9. The van der Waals surface area contributed by atoms with E-state index in [1.54, 1.807) is 6.20 Å². The van der Waals surface area contributed by atoms with Crippen LogP contribution in [-0.2, 0) is 10.3 Å². The van der Waals surface area contributed by atoms with Crippen LogP contribution in [-0.4, -0.2) is 50.4 Å². The Morgan fingerprint density at radius 1 is 0.897 bits per heavy atom. The molecule has 1 aliphatic heterocycles. The van der Waals surface area contributed by atoms with Gasteiger partial charge in [-0.05, 0) is 55.5 Å². The van der Waals surface area contributed by atoms with Gasteiger partial charge in [0.25, 0.3) is 0 Å². The molecule has 39 heavy (non-hydrogen) atoms. The van der Waals surface area contributed by atoms with E-state index >= 15 is 0 Å². The van der Waals surface area contributed by atoms with Gasteiger partial charge in [0.1, 0.15) is 11.9 Å². The first kappa shape index (κ1) is 26.6. The number of benzene rings is 3. The minimum absolute atomic E-state index is 0.485.